The molecule has 1 N–H and O–H groups in total. The predicted octanol–water partition coefficient (Wildman–Crippen LogP) is 4.19. The van der Waals surface area contributed by atoms with Crippen molar-refractivity contribution in [2.45, 2.75) is 38.8 Å². The summed E-state index contributed by atoms with van der Waals surface area (Å²) in [6.45, 7) is 4.81. The summed E-state index contributed by atoms with van der Waals surface area (Å²) in [4.78, 5) is 19.2. The van der Waals surface area contributed by atoms with Crippen molar-refractivity contribution in [3.8, 4) is 5.75 Å². The number of carbonyl (C=O) groups excluding carboxylic acids is 1. The maximum absolute atomic E-state index is 12.3. The number of hydrogen-bond acceptors (Lipinski definition) is 5. The fourth-order valence-electron chi connectivity index (χ4n) is 2.79. The van der Waals surface area contributed by atoms with Gasteiger partial charge in [-0.15, -0.1) is 11.3 Å². The number of halogens is 1. The summed E-state index contributed by atoms with van der Waals surface area (Å²) in [5, 5.41) is 6.02. The molecule has 5 nitrogen and oxygen atoms in total. The van der Waals surface area contributed by atoms with E-state index in [1.165, 1.54) is 30.6 Å². The zero-order valence-corrected chi connectivity index (χ0v) is 15.8. The lowest BCUT2D eigenvalue weighted by Crippen LogP contribution is -2.30. The van der Waals surface area contributed by atoms with Crippen molar-refractivity contribution < 1.29 is 9.53 Å². The lowest BCUT2D eigenvalue weighted by Gasteiger charge is -2.25. The lowest BCUT2D eigenvalue weighted by molar-refractivity contribution is -0.122. The van der Waals surface area contributed by atoms with Gasteiger partial charge >= 0.3 is 0 Å². The number of likely N-dealkylation sites (tertiary alicyclic amines) is 1. The van der Waals surface area contributed by atoms with Gasteiger partial charge in [0.1, 0.15) is 5.75 Å². The number of carbonyl (C=O) groups is 1. The van der Waals surface area contributed by atoms with Gasteiger partial charge in [-0.1, -0.05) is 24.1 Å². The number of hydrogen-bond donors (Lipinski definition) is 1. The van der Waals surface area contributed by atoms with Gasteiger partial charge in [0, 0.05) is 16.9 Å². The first-order chi connectivity index (χ1) is 12.1. The molecule has 1 unspecified atom stereocenters. The van der Waals surface area contributed by atoms with E-state index < -0.39 is 6.10 Å². The molecule has 134 valence electrons. The summed E-state index contributed by atoms with van der Waals surface area (Å²) < 4.78 is 5.63. The molecule has 1 aliphatic heterocycles. The molecule has 0 spiro atoms. The van der Waals surface area contributed by atoms with Crippen LogP contribution < -0.4 is 10.1 Å². The molecule has 0 aliphatic carbocycles. The fraction of sp³-hybridized carbons (Fsp3) is 0.444. The van der Waals surface area contributed by atoms with Crippen LogP contribution in [0.1, 0.15) is 31.9 Å². The minimum Gasteiger partial charge on any atom is -0.481 e. The first-order valence-corrected chi connectivity index (χ1v) is 9.76. The average Bonchev–Trinajstić information content (AvgIpc) is 3.02. The zero-order valence-electron chi connectivity index (χ0n) is 14.2. The maximum atomic E-state index is 12.3. The van der Waals surface area contributed by atoms with E-state index in [1.54, 1.807) is 31.2 Å². The summed E-state index contributed by atoms with van der Waals surface area (Å²) in [7, 11) is 0. The number of rotatable bonds is 6. The first-order valence-electron chi connectivity index (χ1n) is 8.50. The highest BCUT2D eigenvalue weighted by atomic mass is 35.5. The van der Waals surface area contributed by atoms with Crippen molar-refractivity contribution >= 4 is 34.0 Å². The minimum atomic E-state index is -0.632. The van der Waals surface area contributed by atoms with Crippen LogP contribution in [-0.4, -0.2) is 35.0 Å². The SMILES string of the molecule is CC(Oc1cccc(Cl)c1)C(=O)Nc1nc(CN2CCCCC2)cs1. The number of ether oxygens (including phenoxy) is 1. The molecule has 1 aliphatic rings. The van der Waals surface area contributed by atoms with Crippen LogP contribution in [0.15, 0.2) is 29.6 Å². The smallest absolute Gasteiger partial charge is 0.266 e. The third-order valence-electron chi connectivity index (χ3n) is 4.09. The molecule has 1 atom stereocenters. The maximum Gasteiger partial charge on any atom is 0.266 e. The van der Waals surface area contributed by atoms with Crippen molar-refractivity contribution in [1.82, 2.24) is 9.88 Å². The van der Waals surface area contributed by atoms with E-state index in [0.29, 0.717) is 15.9 Å². The first kappa shape index (κ1) is 18.2. The number of thiazole rings is 1. The molecule has 7 heteroatoms. The Kier molecular flexibility index (Phi) is 6.29. The van der Waals surface area contributed by atoms with Crippen molar-refractivity contribution in [2.75, 3.05) is 18.4 Å². The van der Waals surface area contributed by atoms with Gasteiger partial charge in [0.25, 0.3) is 5.91 Å². The van der Waals surface area contributed by atoms with Gasteiger partial charge in [-0.3, -0.25) is 15.0 Å². The van der Waals surface area contributed by atoms with Crippen molar-refractivity contribution in [3.05, 3.63) is 40.4 Å². The number of nitrogens with one attached hydrogen (secondary N) is 1. The Morgan fingerprint density at radius 2 is 2.20 bits per heavy atom. The molecule has 1 aromatic carbocycles. The summed E-state index contributed by atoms with van der Waals surface area (Å²) in [5.74, 6) is 0.346. The van der Waals surface area contributed by atoms with E-state index in [9.17, 15) is 4.79 Å². The Morgan fingerprint density at radius 3 is 2.96 bits per heavy atom. The van der Waals surface area contributed by atoms with Crippen LogP contribution in [0.3, 0.4) is 0 Å². The molecular weight excluding hydrogens is 358 g/mol. The number of aromatic nitrogens is 1. The quantitative estimate of drug-likeness (QED) is 0.817. The van der Waals surface area contributed by atoms with E-state index in [1.807, 2.05) is 5.38 Å². The third kappa shape index (κ3) is 5.42. The zero-order chi connectivity index (χ0) is 17.6. The number of amides is 1. The fourth-order valence-corrected chi connectivity index (χ4v) is 3.67. The molecule has 25 heavy (non-hydrogen) atoms. The summed E-state index contributed by atoms with van der Waals surface area (Å²) >= 11 is 7.37. The van der Waals surface area contributed by atoms with Crippen LogP contribution >= 0.6 is 22.9 Å². The highest BCUT2D eigenvalue weighted by Crippen LogP contribution is 2.21. The largest absolute Gasteiger partial charge is 0.481 e. The monoisotopic (exact) mass is 379 g/mol. The molecule has 2 aromatic rings. The van der Waals surface area contributed by atoms with Crippen molar-refractivity contribution in [2.24, 2.45) is 0 Å². The molecular formula is C18H22ClN3O2S. The molecule has 0 saturated carbocycles. The number of benzene rings is 1. The lowest BCUT2D eigenvalue weighted by atomic mass is 10.1. The second-order valence-corrected chi connectivity index (χ2v) is 7.48. The number of nitrogens with zero attached hydrogens (tertiary/aromatic N) is 2. The molecule has 3 rings (SSSR count). The van der Waals surface area contributed by atoms with Gasteiger partial charge < -0.3 is 4.74 Å². The van der Waals surface area contributed by atoms with Gasteiger partial charge in [-0.2, -0.15) is 0 Å². The Bertz CT molecular complexity index is 716. The second-order valence-electron chi connectivity index (χ2n) is 6.19. The molecule has 2 heterocycles. The number of piperidine rings is 1. The highest BCUT2D eigenvalue weighted by Gasteiger charge is 2.17. The van der Waals surface area contributed by atoms with Gasteiger partial charge in [0.15, 0.2) is 11.2 Å². The van der Waals surface area contributed by atoms with Crippen LogP contribution in [0, 0.1) is 0 Å². The van der Waals surface area contributed by atoms with Gasteiger partial charge in [-0.25, -0.2) is 4.98 Å². The Morgan fingerprint density at radius 1 is 1.40 bits per heavy atom. The Labute approximate surface area is 157 Å². The topological polar surface area (TPSA) is 54.5 Å². The highest BCUT2D eigenvalue weighted by molar-refractivity contribution is 7.13. The number of anilines is 1. The average molecular weight is 380 g/mol. The summed E-state index contributed by atoms with van der Waals surface area (Å²) in [5.41, 5.74) is 1.01. The standard InChI is InChI=1S/C18H22ClN3O2S/c1-13(24-16-7-5-6-14(19)10-16)17(23)21-18-20-15(12-25-18)11-22-8-3-2-4-9-22/h5-7,10,12-13H,2-4,8-9,11H2,1H3,(H,20,21,23). The molecule has 1 amide bonds. The molecule has 0 bridgehead atoms. The van der Waals surface area contributed by atoms with E-state index in [4.69, 9.17) is 16.3 Å². The molecule has 1 fully saturated rings. The Hall–Kier alpha value is -1.63. The van der Waals surface area contributed by atoms with Crippen LogP contribution in [0.5, 0.6) is 5.75 Å². The van der Waals surface area contributed by atoms with Gasteiger partial charge in [0.05, 0.1) is 5.69 Å². The molecule has 1 saturated heterocycles. The summed E-state index contributed by atoms with van der Waals surface area (Å²) in [6, 6.07) is 7.01. The van der Waals surface area contributed by atoms with Crippen LogP contribution in [0.4, 0.5) is 5.13 Å². The molecule has 1 aromatic heterocycles. The Balaban J connectivity index is 1.52. The van der Waals surface area contributed by atoms with E-state index >= 15 is 0 Å². The van der Waals surface area contributed by atoms with E-state index in [2.05, 4.69) is 15.2 Å². The van der Waals surface area contributed by atoms with Crippen LogP contribution in [0.25, 0.3) is 0 Å². The van der Waals surface area contributed by atoms with Crippen LogP contribution in [-0.2, 0) is 11.3 Å². The van der Waals surface area contributed by atoms with E-state index in [-0.39, 0.29) is 5.91 Å². The van der Waals surface area contributed by atoms with Crippen LogP contribution in [0.2, 0.25) is 5.02 Å². The van der Waals surface area contributed by atoms with Crippen molar-refractivity contribution in [1.29, 1.82) is 0 Å². The van der Waals surface area contributed by atoms with Gasteiger partial charge in [0.2, 0.25) is 0 Å². The second kappa shape index (κ2) is 8.65. The minimum absolute atomic E-state index is 0.223. The third-order valence-corrected chi connectivity index (χ3v) is 5.14. The predicted molar refractivity (Wildman–Crippen MR) is 101 cm³/mol. The molecule has 0 radical (unpaired) electrons. The van der Waals surface area contributed by atoms with E-state index in [0.717, 1.165) is 25.3 Å². The summed E-state index contributed by atoms with van der Waals surface area (Å²) in [6.07, 6.45) is 3.20. The normalized spacial score (nSPS) is 16.4. The van der Waals surface area contributed by atoms with Crippen molar-refractivity contribution in [3.63, 3.8) is 0 Å². The van der Waals surface area contributed by atoms with Gasteiger partial charge in [-0.05, 0) is 51.1 Å².